The minimum atomic E-state index is 0.191. The lowest BCUT2D eigenvalue weighted by atomic mass is 10.1. The predicted octanol–water partition coefficient (Wildman–Crippen LogP) is 2.74. The Morgan fingerprint density at radius 2 is 1.64 bits per heavy atom. The molecule has 1 heterocycles. The molecular weight excluding hydrogens is 310 g/mol. The van der Waals surface area contributed by atoms with E-state index in [1.54, 1.807) is 0 Å². The number of rotatable bonds is 5. The standard InChI is InChI=1S/C21H27N3O/c1-17-5-3-7-19(13-17)15-22-16-21(25)24-11-9-23(10-12-24)20-8-4-6-18(2)14-20/h3-8,13-14,22H,9-12,15-16H2,1-2H3. The zero-order chi connectivity index (χ0) is 17.6. The van der Waals surface area contributed by atoms with Crippen LogP contribution in [0.15, 0.2) is 48.5 Å². The largest absolute Gasteiger partial charge is 0.368 e. The number of aryl methyl sites for hydroxylation is 2. The molecule has 0 unspecified atom stereocenters. The average Bonchev–Trinajstić information content (AvgIpc) is 2.62. The Labute approximate surface area is 150 Å². The summed E-state index contributed by atoms with van der Waals surface area (Å²) in [5.74, 6) is 0.191. The number of carbonyl (C=O) groups is 1. The number of hydrogen-bond donors (Lipinski definition) is 1. The van der Waals surface area contributed by atoms with Crippen LogP contribution >= 0.6 is 0 Å². The molecule has 0 bridgehead atoms. The Hall–Kier alpha value is -2.33. The summed E-state index contributed by atoms with van der Waals surface area (Å²) in [5, 5.41) is 3.27. The van der Waals surface area contributed by atoms with Crippen molar-refractivity contribution in [3.05, 3.63) is 65.2 Å². The van der Waals surface area contributed by atoms with E-state index in [0.29, 0.717) is 6.54 Å². The van der Waals surface area contributed by atoms with Gasteiger partial charge in [0.25, 0.3) is 0 Å². The predicted molar refractivity (Wildman–Crippen MR) is 103 cm³/mol. The second kappa shape index (κ2) is 8.17. The molecule has 0 aromatic heterocycles. The van der Waals surface area contributed by atoms with Gasteiger partial charge in [-0.2, -0.15) is 0 Å². The monoisotopic (exact) mass is 337 g/mol. The highest BCUT2D eigenvalue weighted by molar-refractivity contribution is 5.78. The van der Waals surface area contributed by atoms with Crippen molar-refractivity contribution in [1.82, 2.24) is 10.2 Å². The van der Waals surface area contributed by atoms with Gasteiger partial charge in [0.05, 0.1) is 6.54 Å². The molecule has 1 amide bonds. The molecule has 132 valence electrons. The lowest BCUT2D eigenvalue weighted by Gasteiger charge is -2.36. The van der Waals surface area contributed by atoms with Crippen LogP contribution in [-0.2, 0) is 11.3 Å². The highest BCUT2D eigenvalue weighted by Crippen LogP contribution is 2.17. The van der Waals surface area contributed by atoms with Crippen molar-refractivity contribution in [2.45, 2.75) is 20.4 Å². The topological polar surface area (TPSA) is 35.6 Å². The first-order chi connectivity index (χ1) is 12.1. The first kappa shape index (κ1) is 17.5. The van der Waals surface area contributed by atoms with Gasteiger partial charge in [-0.1, -0.05) is 42.0 Å². The lowest BCUT2D eigenvalue weighted by molar-refractivity contribution is -0.130. The minimum Gasteiger partial charge on any atom is -0.368 e. The van der Waals surface area contributed by atoms with E-state index in [9.17, 15) is 4.79 Å². The van der Waals surface area contributed by atoms with E-state index in [1.807, 2.05) is 4.90 Å². The van der Waals surface area contributed by atoms with E-state index in [-0.39, 0.29) is 5.91 Å². The zero-order valence-electron chi connectivity index (χ0n) is 15.2. The summed E-state index contributed by atoms with van der Waals surface area (Å²) < 4.78 is 0. The summed E-state index contributed by atoms with van der Waals surface area (Å²) in [6, 6.07) is 16.9. The first-order valence-electron chi connectivity index (χ1n) is 8.97. The summed E-state index contributed by atoms with van der Waals surface area (Å²) >= 11 is 0. The van der Waals surface area contributed by atoms with Gasteiger partial charge in [0, 0.05) is 38.4 Å². The van der Waals surface area contributed by atoms with Crippen molar-refractivity contribution in [2.24, 2.45) is 0 Å². The molecular formula is C21H27N3O. The van der Waals surface area contributed by atoms with E-state index >= 15 is 0 Å². The van der Waals surface area contributed by atoms with E-state index in [0.717, 1.165) is 32.7 Å². The fourth-order valence-electron chi connectivity index (χ4n) is 3.29. The third-order valence-electron chi connectivity index (χ3n) is 4.69. The highest BCUT2D eigenvalue weighted by Gasteiger charge is 2.20. The molecule has 1 saturated heterocycles. The summed E-state index contributed by atoms with van der Waals surface area (Å²) in [4.78, 5) is 16.7. The van der Waals surface area contributed by atoms with Gasteiger partial charge in [-0.05, 0) is 37.1 Å². The van der Waals surface area contributed by atoms with Gasteiger partial charge in [0.15, 0.2) is 0 Å². The van der Waals surface area contributed by atoms with E-state index in [4.69, 9.17) is 0 Å². The molecule has 2 aromatic carbocycles. The number of piperazine rings is 1. The van der Waals surface area contributed by atoms with Crippen molar-refractivity contribution in [1.29, 1.82) is 0 Å². The van der Waals surface area contributed by atoms with Crippen LogP contribution in [0.3, 0.4) is 0 Å². The Balaban J connectivity index is 1.44. The molecule has 1 N–H and O–H groups in total. The van der Waals surface area contributed by atoms with Crippen LogP contribution in [-0.4, -0.2) is 43.5 Å². The maximum Gasteiger partial charge on any atom is 0.236 e. The third-order valence-corrected chi connectivity index (χ3v) is 4.69. The number of nitrogens with zero attached hydrogens (tertiary/aromatic N) is 2. The van der Waals surface area contributed by atoms with Crippen LogP contribution in [0.2, 0.25) is 0 Å². The maximum absolute atomic E-state index is 12.4. The summed E-state index contributed by atoms with van der Waals surface area (Å²) in [7, 11) is 0. The molecule has 25 heavy (non-hydrogen) atoms. The molecule has 1 aliphatic heterocycles. The fraction of sp³-hybridized carbons (Fsp3) is 0.381. The molecule has 4 heteroatoms. The van der Waals surface area contributed by atoms with Crippen LogP contribution in [0.4, 0.5) is 5.69 Å². The Morgan fingerprint density at radius 1 is 0.960 bits per heavy atom. The molecule has 0 spiro atoms. The number of nitrogens with one attached hydrogen (secondary N) is 1. The van der Waals surface area contributed by atoms with Crippen LogP contribution in [0, 0.1) is 13.8 Å². The summed E-state index contributed by atoms with van der Waals surface area (Å²) in [6.45, 7) is 8.71. The van der Waals surface area contributed by atoms with Crippen molar-refractivity contribution >= 4 is 11.6 Å². The lowest BCUT2D eigenvalue weighted by Crippen LogP contribution is -2.50. The molecule has 1 fully saturated rings. The molecule has 0 atom stereocenters. The van der Waals surface area contributed by atoms with Crippen LogP contribution in [0.5, 0.6) is 0 Å². The maximum atomic E-state index is 12.4. The Bertz CT molecular complexity index is 721. The second-order valence-corrected chi connectivity index (χ2v) is 6.80. The van der Waals surface area contributed by atoms with Gasteiger partial charge in [-0.15, -0.1) is 0 Å². The van der Waals surface area contributed by atoms with Gasteiger partial charge in [-0.3, -0.25) is 4.79 Å². The molecule has 2 aromatic rings. The van der Waals surface area contributed by atoms with Crippen LogP contribution < -0.4 is 10.2 Å². The smallest absolute Gasteiger partial charge is 0.236 e. The van der Waals surface area contributed by atoms with E-state index < -0.39 is 0 Å². The van der Waals surface area contributed by atoms with Crippen molar-refractivity contribution in [3.63, 3.8) is 0 Å². The first-order valence-corrected chi connectivity index (χ1v) is 8.97. The molecule has 3 rings (SSSR count). The molecule has 0 radical (unpaired) electrons. The van der Waals surface area contributed by atoms with Crippen molar-refractivity contribution in [2.75, 3.05) is 37.6 Å². The van der Waals surface area contributed by atoms with Crippen molar-refractivity contribution < 1.29 is 4.79 Å². The molecule has 4 nitrogen and oxygen atoms in total. The third kappa shape index (κ3) is 4.83. The zero-order valence-corrected chi connectivity index (χ0v) is 15.2. The van der Waals surface area contributed by atoms with Crippen LogP contribution in [0.25, 0.3) is 0 Å². The Kier molecular flexibility index (Phi) is 5.71. The van der Waals surface area contributed by atoms with Gasteiger partial charge in [-0.25, -0.2) is 0 Å². The second-order valence-electron chi connectivity index (χ2n) is 6.80. The van der Waals surface area contributed by atoms with Gasteiger partial charge >= 0.3 is 0 Å². The number of carbonyl (C=O) groups excluding carboxylic acids is 1. The van der Waals surface area contributed by atoms with Gasteiger partial charge in [0.2, 0.25) is 5.91 Å². The van der Waals surface area contributed by atoms with Gasteiger partial charge in [0.1, 0.15) is 0 Å². The summed E-state index contributed by atoms with van der Waals surface area (Å²) in [5.41, 5.74) is 5.00. The quantitative estimate of drug-likeness (QED) is 0.911. The molecule has 0 aliphatic carbocycles. The molecule has 0 saturated carbocycles. The summed E-state index contributed by atoms with van der Waals surface area (Å²) in [6.07, 6.45) is 0. The highest BCUT2D eigenvalue weighted by atomic mass is 16.2. The average molecular weight is 337 g/mol. The van der Waals surface area contributed by atoms with Gasteiger partial charge < -0.3 is 15.1 Å². The van der Waals surface area contributed by atoms with Crippen LogP contribution in [0.1, 0.15) is 16.7 Å². The van der Waals surface area contributed by atoms with Crippen molar-refractivity contribution in [3.8, 4) is 0 Å². The van der Waals surface area contributed by atoms with E-state index in [1.165, 1.54) is 22.4 Å². The fourth-order valence-corrected chi connectivity index (χ4v) is 3.29. The normalized spacial score (nSPS) is 14.6. The number of hydrogen-bond acceptors (Lipinski definition) is 3. The minimum absolute atomic E-state index is 0.191. The number of benzene rings is 2. The SMILES string of the molecule is Cc1cccc(CNCC(=O)N2CCN(c3cccc(C)c3)CC2)c1. The van der Waals surface area contributed by atoms with E-state index in [2.05, 4.69) is 72.6 Å². The number of anilines is 1. The molecule has 1 aliphatic rings. The number of amides is 1. The Morgan fingerprint density at radius 3 is 2.32 bits per heavy atom.